The van der Waals surface area contributed by atoms with E-state index >= 15 is 0 Å². The van der Waals surface area contributed by atoms with Gasteiger partial charge in [0.2, 0.25) is 5.88 Å². The summed E-state index contributed by atoms with van der Waals surface area (Å²) in [4.78, 5) is 4.39. The van der Waals surface area contributed by atoms with E-state index in [1.54, 1.807) is 7.11 Å². The van der Waals surface area contributed by atoms with Crippen molar-refractivity contribution in [3.63, 3.8) is 0 Å². The molecule has 0 saturated heterocycles. The van der Waals surface area contributed by atoms with Gasteiger partial charge in [-0.05, 0) is 25.5 Å². The summed E-state index contributed by atoms with van der Waals surface area (Å²) >= 11 is 0. The van der Waals surface area contributed by atoms with E-state index in [0.29, 0.717) is 38.9 Å². The van der Waals surface area contributed by atoms with Crippen LogP contribution in [0.15, 0.2) is 6.07 Å². The van der Waals surface area contributed by atoms with Crippen LogP contribution in [0.25, 0.3) is 0 Å². The van der Waals surface area contributed by atoms with Crippen LogP contribution in [0.4, 0.5) is 0 Å². The quantitative estimate of drug-likeness (QED) is 0.689. The highest BCUT2D eigenvalue weighted by Crippen LogP contribution is 2.20. The van der Waals surface area contributed by atoms with Crippen LogP contribution < -0.4 is 10.5 Å². The summed E-state index contributed by atoms with van der Waals surface area (Å²) in [6, 6.07) is 2.02. The summed E-state index contributed by atoms with van der Waals surface area (Å²) in [6.07, 6.45) is 0.822. The molecule has 0 fully saturated rings. The second-order valence-corrected chi connectivity index (χ2v) is 4.38. The molecular weight excluding hydrogens is 244 g/mol. The molecule has 1 aromatic heterocycles. The van der Waals surface area contributed by atoms with Crippen molar-refractivity contribution >= 4 is 0 Å². The van der Waals surface area contributed by atoms with E-state index in [0.717, 1.165) is 23.2 Å². The Bertz CT molecular complexity index is 383. The molecule has 0 radical (unpaired) electrons. The smallest absolute Gasteiger partial charge is 0.218 e. The van der Waals surface area contributed by atoms with E-state index in [1.807, 2.05) is 19.9 Å². The molecule has 0 spiro atoms. The van der Waals surface area contributed by atoms with Crippen LogP contribution in [0.1, 0.15) is 23.2 Å². The molecule has 0 unspecified atom stereocenters. The third-order valence-corrected chi connectivity index (χ3v) is 2.75. The lowest BCUT2D eigenvalue weighted by atomic mass is 10.1. The van der Waals surface area contributed by atoms with Crippen LogP contribution in [0.5, 0.6) is 5.88 Å². The van der Waals surface area contributed by atoms with Gasteiger partial charge in [0.15, 0.2) is 0 Å². The van der Waals surface area contributed by atoms with E-state index < -0.39 is 0 Å². The summed E-state index contributed by atoms with van der Waals surface area (Å²) in [6.45, 7) is 6.90. The van der Waals surface area contributed by atoms with Crippen molar-refractivity contribution in [1.82, 2.24) is 4.98 Å². The van der Waals surface area contributed by atoms with Gasteiger partial charge in [-0.2, -0.15) is 0 Å². The van der Waals surface area contributed by atoms with Crippen LogP contribution >= 0.6 is 0 Å². The molecule has 0 aliphatic carbocycles. The highest BCUT2D eigenvalue weighted by molar-refractivity contribution is 5.35. The number of aryl methyl sites for hydroxylation is 2. The van der Waals surface area contributed by atoms with Gasteiger partial charge in [-0.15, -0.1) is 0 Å². The minimum Gasteiger partial charge on any atom is -0.477 e. The largest absolute Gasteiger partial charge is 0.477 e. The van der Waals surface area contributed by atoms with Gasteiger partial charge in [-0.1, -0.05) is 0 Å². The van der Waals surface area contributed by atoms with Gasteiger partial charge < -0.3 is 19.9 Å². The van der Waals surface area contributed by atoms with Gasteiger partial charge in [0.05, 0.1) is 19.8 Å². The fraction of sp³-hybridized carbons (Fsp3) is 0.643. The molecule has 0 aliphatic rings. The zero-order valence-corrected chi connectivity index (χ0v) is 12.1. The zero-order valence-electron chi connectivity index (χ0n) is 12.1. The Labute approximate surface area is 115 Å². The van der Waals surface area contributed by atoms with Gasteiger partial charge in [0, 0.05) is 37.9 Å². The number of ether oxygens (including phenoxy) is 3. The molecule has 0 bridgehead atoms. The first-order valence-electron chi connectivity index (χ1n) is 6.55. The Morgan fingerprint density at radius 1 is 1.16 bits per heavy atom. The van der Waals surface area contributed by atoms with Gasteiger partial charge in [-0.25, -0.2) is 4.98 Å². The molecule has 0 amide bonds. The topological polar surface area (TPSA) is 66.6 Å². The van der Waals surface area contributed by atoms with Crippen molar-refractivity contribution in [2.75, 3.05) is 33.5 Å². The minimum atomic E-state index is 0.443. The maximum Gasteiger partial charge on any atom is 0.218 e. The highest BCUT2D eigenvalue weighted by atomic mass is 16.5. The van der Waals surface area contributed by atoms with Gasteiger partial charge >= 0.3 is 0 Å². The maximum absolute atomic E-state index is 5.73. The van der Waals surface area contributed by atoms with E-state index in [-0.39, 0.29) is 0 Å². The Kier molecular flexibility index (Phi) is 7.40. The number of hydrogen-bond donors (Lipinski definition) is 1. The molecule has 1 rings (SSSR count). The van der Waals surface area contributed by atoms with Crippen molar-refractivity contribution in [2.24, 2.45) is 5.73 Å². The Balaban J connectivity index is 2.36. The van der Waals surface area contributed by atoms with Crippen molar-refractivity contribution < 1.29 is 14.2 Å². The van der Waals surface area contributed by atoms with Crippen LogP contribution in [-0.4, -0.2) is 38.5 Å². The lowest BCUT2D eigenvalue weighted by Gasteiger charge is -2.12. The summed E-state index contributed by atoms with van der Waals surface area (Å²) in [5, 5.41) is 0. The maximum atomic E-state index is 5.73. The molecule has 2 N–H and O–H groups in total. The number of nitrogens with zero attached hydrogens (tertiary/aromatic N) is 1. The molecule has 5 heteroatoms. The van der Waals surface area contributed by atoms with Crippen LogP contribution in [0.2, 0.25) is 0 Å². The first-order valence-corrected chi connectivity index (χ1v) is 6.55. The molecule has 0 aromatic carbocycles. The van der Waals surface area contributed by atoms with Crippen molar-refractivity contribution in [3.05, 3.63) is 22.9 Å². The first kappa shape index (κ1) is 15.9. The monoisotopic (exact) mass is 268 g/mol. The standard InChI is InChI=1S/C14H24N2O3/c1-11-9-12(2)16-14(13(11)10-15)19-6-4-5-18-8-7-17-3/h9H,4-8,10,15H2,1-3H3. The predicted molar refractivity (Wildman–Crippen MR) is 74.4 cm³/mol. The fourth-order valence-electron chi connectivity index (χ4n) is 1.77. The number of pyridine rings is 1. The third kappa shape index (κ3) is 5.55. The minimum absolute atomic E-state index is 0.443. The molecule has 1 heterocycles. The third-order valence-electron chi connectivity index (χ3n) is 2.75. The SMILES string of the molecule is COCCOCCCOc1nc(C)cc(C)c1CN. The molecule has 1 aromatic rings. The average Bonchev–Trinajstić information content (AvgIpc) is 2.37. The van der Waals surface area contributed by atoms with E-state index in [9.17, 15) is 0 Å². The summed E-state index contributed by atoms with van der Waals surface area (Å²) in [5.41, 5.74) is 8.78. The highest BCUT2D eigenvalue weighted by Gasteiger charge is 2.08. The molecule has 19 heavy (non-hydrogen) atoms. The van der Waals surface area contributed by atoms with Gasteiger partial charge in [0.25, 0.3) is 0 Å². The van der Waals surface area contributed by atoms with Crippen molar-refractivity contribution in [3.8, 4) is 5.88 Å². The molecule has 0 saturated carbocycles. The normalized spacial score (nSPS) is 10.7. The molecule has 0 atom stereocenters. The summed E-state index contributed by atoms with van der Waals surface area (Å²) < 4.78 is 16.0. The number of nitrogens with two attached hydrogens (primary N) is 1. The van der Waals surface area contributed by atoms with Crippen molar-refractivity contribution in [2.45, 2.75) is 26.8 Å². The van der Waals surface area contributed by atoms with E-state index in [2.05, 4.69) is 4.98 Å². The fourth-order valence-corrected chi connectivity index (χ4v) is 1.77. The molecule has 0 aliphatic heterocycles. The Hall–Kier alpha value is -1.17. The summed E-state index contributed by atoms with van der Waals surface area (Å²) in [7, 11) is 1.66. The van der Waals surface area contributed by atoms with Gasteiger partial charge in [0.1, 0.15) is 0 Å². The Morgan fingerprint density at radius 3 is 2.63 bits per heavy atom. The lowest BCUT2D eigenvalue weighted by Crippen LogP contribution is -2.10. The van der Waals surface area contributed by atoms with Crippen LogP contribution in [-0.2, 0) is 16.0 Å². The molecular formula is C14H24N2O3. The number of aromatic nitrogens is 1. The second-order valence-electron chi connectivity index (χ2n) is 4.38. The Morgan fingerprint density at radius 2 is 1.95 bits per heavy atom. The number of rotatable bonds is 9. The average molecular weight is 268 g/mol. The molecule has 5 nitrogen and oxygen atoms in total. The summed E-state index contributed by atoms with van der Waals surface area (Å²) in [5.74, 6) is 0.650. The van der Waals surface area contributed by atoms with E-state index in [4.69, 9.17) is 19.9 Å². The van der Waals surface area contributed by atoms with Crippen molar-refractivity contribution in [1.29, 1.82) is 0 Å². The zero-order chi connectivity index (χ0) is 14.1. The van der Waals surface area contributed by atoms with E-state index in [1.165, 1.54) is 0 Å². The number of hydrogen-bond acceptors (Lipinski definition) is 5. The van der Waals surface area contributed by atoms with Crippen LogP contribution in [0.3, 0.4) is 0 Å². The molecule has 108 valence electrons. The van der Waals surface area contributed by atoms with Gasteiger partial charge in [-0.3, -0.25) is 0 Å². The predicted octanol–water partition coefficient (Wildman–Crippen LogP) is 1.59. The van der Waals surface area contributed by atoms with Crippen LogP contribution in [0, 0.1) is 13.8 Å². The first-order chi connectivity index (χ1) is 9.19. The lowest BCUT2D eigenvalue weighted by molar-refractivity contribution is 0.0641. The number of methoxy groups -OCH3 is 1. The second kappa shape index (κ2) is 8.85.